The molecule has 5 nitrogen and oxygen atoms in total. The number of aliphatic hydroxyl groups is 3. The van der Waals surface area contributed by atoms with Crippen molar-refractivity contribution in [1.82, 2.24) is 0 Å². The number of aliphatic hydroxyl groups excluding tert-OH is 1. The van der Waals surface area contributed by atoms with Crippen LogP contribution in [0.1, 0.15) is 6.92 Å². The van der Waals surface area contributed by atoms with Crippen LogP contribution in [0, 0.1) is 17.2 Å². The summed E-state index contributed by atoms with van der Waals surface area (Å²) in [7, 11) is 0. The van der Waals surface area contributed by atoms with E-state index < -0.39 is 30.5 Å². The Morgan fingerprint density at radius 1 is 1.58 bits per heavy atom. The van der Waals surface area contributed by atoms with E-state index >= 15 is 0 Å². The summed E-state index contributed by atoms with van der Waals surface area (Å²) in [5.41, 5.74) is 0. The highest BCUT2D eigenvalue weighted by atomic mass is 16.6. The van der Waals surface area contributed by atoms with Crippen LogP contribution in [0.2, 0.25) is 0 Å². The molecule has 5 heteroatoms. The minimum Gasteiger partial charge on any atom is -0.393 e. The molecule has 1 aliphatic heterocycles. The fourth-order valence-electron chi connectivity index (χ4n) is 1.23. The third-order valence-corrected chi connectivity index (χ3v) is 2.20. The van der Waals surface area contributed by atoms with Gasteiger partial charge in [0.25, 0.3) is 0 Å². The van der Waals surface area contributed by atoms with Crippen LogP contribution in [0.25, 0.3) is 0 Å². The average molecular weight is 173 g/mol. The summed E-state index contributed by atoms with van der Waals surface area (Å²) in [6.07, 6.45) is -1.95. The first-order chi connectivity index (χ1) is 5.54. The zero-order valence-electron chi connectivity index (χ0n) is 6.64. The Labute approximate surface area is 69.8 Å². The van der Waals surface area contributed by atoms with E-state index in [1.54, 1.807) is 6.07 Å². The van der Waals surface area contributed by atoms with Crippen molar-refractivity contribution in [2.75, 3.05) is 6.61 Å². The number of ether oxygens (including phenoxy) is 1. The number of hydrogen-bond donors (Lipinski definition) is 3. The maximum absolute atomic E-state index is 9.34. The van der Waals surface area contributed by atoms with Gasteiger partial charge in [0, 0.05) is 0 Å². The minimum atomic E-state index is -2.10. The van der Waals surface area contributed by atoms with Gasteiger partial charge in [-0.2, -0.15) is 5.26 Å². The van der Waals surface area contributed by atoms with Crippen molar-refractivity contribution in [1.29, 1.82) is 5.26 Å². The van der Waals surface area contributed by atoms with Crippen molar-refractivity contribution in [2.24, 2.45) is 5.92 Å². The van der Waals surface area contributed by atoms with Gasteiger partial charge in [-0.1, -0.05) is 6.92 Å². The van der Waals surface area contributed by atoms with Gasteiger partial charge in [-0.3, -0.25) is 0 Å². The van der Waals surface area contributed by atoms with Crippen molar-refractivity contribution >= 4 is 0 Å². The van der Waals surface area contributed by atoms with Crippen LogP contribution in [0.3, 0.4) is 0 Å². The Kier molecular flexibility index (Phi) is 2.35. The van der Waals surface area contributed by atoms with Gasteiger partial charge in [0.1, 0.15) is 6.10 Å². The van der Waals surface area contributed by atoms with Crippen molar-refractivity contribution in [2.45, 2.75) is 24.9 Å². The summed E-state index contributed by atoms with van der Waals surface area (Å²) < 4.78 is 4.88. The first-order valence-corrected chi connectivity index (χ1v) is 3.64. The third kappa shape index (κ3) is 1.19. The van der Waals surface area contributed by atoms with Crippen LogP contribution in [0.15, 0.2) is 0 Å². The molecule has 1 rings (SSSR count). The van der Waals surface area contributed by atoms with Gasteiger partial charge in [-0.05, 0) is 0 Å². The molecule has 1 heterocycles. The van der Waals surface area contributed by atoms with E-state index in [0.717, 1.165) is 0 Å². The fraction of sp³-hybridized carbons (Fsp3) is 0.857. The second-order valence-corrected chi connectivity index (χ2v) is 2.93. The zero-order chi connectivity index (χ0) is 9.35. The molecule has 0 amide bonds. The lowest BCUT2D eigenvalue weighted by Crippen LogP contribution is -2.44. The molecule has 3 atom stereocenters. The Morgan fingerprint density at radius 3 is 2.42 bits per heavy atom. The lowest BCUT2D eigenvalue weighted by atomic mass is 9.95. The number of hydrogen-bond acceptors (Lipinski definition) is 5. The van der Waals surface area contributed by atoms with E-state index in [4.69, 9.17) is 15.1 Å². The van der Waals surface area contributed by atoms with Crippen molar-refractivity contribution in [3.63, 3.8) is 0 Å². The number of rotatable bonds is 1. The Morgan fingerprint density at radius 2 is 2.17 bits per heavy atom. The van der Waals surface area contributed by atoms with Crippen molar-refractivity contribution < 1.29 is 20.1 Å². The van der Waals surface area contributed by atoms with Gasteiger partial charge in [0.05, 0.1) is 18.6 Å². The summed E-state index contributed by atoms with van der Waals surface area (Å²) in [5, 5.41) is 35.9. The van der Waals surface area contributed by atoms with Crippen LogP contribution >= 0.6 is 0 Å². The largest absolute Gasteiger partial charge is 0.393 e. The minimum absolute atomic E-state index is 0.504. The maximum atomic E-state index is 9.34. The monoisotopic (exact) mass is 173 g/mol. The smallest absolute Gasteiger partial charge is 0.198 e. The molecule has 0 aromatic rings. The predicted molar refractivity (Wildman–Crippen MR) is 37.7 cm³/mol. The van der Waals surface area contributed by atoms with Crippen molar-refractivity contribution in [3.8, 4) is 6.07 Å². The molecular weight excluding hydrogens is 162 g/mol. The average Bonchev–Trinajstić information content (AvgIpc) is 2.25. The van der Waals surface area contributed by atoms with Crippen LogP contribution in [-0.4, -0.2) is 39.9 Å². The molecule has 1 saturated heterocycles. The second-order valence-electron chi connectivity index (χ2n) is 2.93. The Hall–Kier alpha value is -0.670. The molecule has 0 spiro atoms. The van der Waals surface area contributed by atoms with Gasteiger partial charge >= 0.3 is 0 Å². The molecule has 0 aromatic carbocycles. The highest BCUT2D eigenvalue weighted by Gasteiger charge is 2.52. The lowest BCUT2D eigenvalue weighted by Gasteiger charge is -2.23. The van der Waals surface area contributed by atoms with Gasteiger partial charge in [-0.15, -0.1) is 0 Å². The molecular formula is C7H11NO4. The molecule has 0 bridgehead atoms. The molecule has 0 aliphatic carbocycles. The van der Waals surface area contributed by atoms with Crippen LogP contribution < -0.4 is 0 Å². The lowest BCUT2D eigenvalue weighted by molar-refractivity contribution is -0.217. The fourth-order valence-corrected chi connectivity index (χ4v) is 1.23. The number of nitriles is 1. The highest BCUT2D eigenvalue weighted by molar-refractivity contribution is 5.02. The van der Waals surface area contributed by atoms with E-state index in [9.17, 15) is 10.2 Å². The maximum Gasteiger partial charge on any atom is 0.198 e. The predicted octanol–water partition coefficient (Wildman–Crippen LogP) is -1.41. The van der Waals surface area contributed by atoms with E-state index in [-0.39, 0.29) is 0 Å². The van der Waals surface area contributed by atoms with Gasteiger partial charge in [0.2, 0.25) is 0 Å². The Balaban J connectivity index is 2.82. The van der Waals surface area contributed by atoms with Crippen LogP contribution in [-0.2, 0) is 4.74 Å². The number of nitrogens with zero attached hydrogens (tertiary/aromatic N) is 1. The van der Waals surface area contributed by atoms with Crippen molar-refractivity contribution in [3.05, 3.63) is 0 Å². The molecule has 0 radical (unpaired) electrons. The molecule has 12 heavy (non-hydrogen) atoms. The van der Waals surface area contributed by atoms with Gasteiger partial charge in [-0.25, -0.2) is 0 Å². The third-order valence-electron chi connectivity index (χ3n) is 2.20. The Bertz CT molecular complexity index is 210. The standard InChI is InChI=1S/C7H11NO4/c1-4-5(2-8)12-6(3-9)7(4,10)11/h4-6,9-11H,3H2,1H3. The van der Waals surface area contributed by atoms with E-state index in [0.29, 0.717) is 0 Å². The highest BCUT2D eigenvalue weighted by Crippen LogP contribution is 2.33. The molecule has 0 saturated carbocycles. The van der Waals surface area contributed by atoms with E-state index in [1.165, 1.54) is 6.92 Å². The van der Waals surface area contributed by atoms with E-state index in [1.807, 2.05) is 0 Å². The summed E-state index contributed by atoms with van der Waals surface area (Å²) in [6.45, 7) is 0.985. The van der Waals surface area contributed by atoms with Gasteiger partial charge < -0.3 is 20.1 Å². The second kappa shape index (κ2) is 2.99. The van der Waals surface area contributed by atoms with Crippen LogP contribution in [0.5, 0.6) is 0 Å². The first kappa shape index (κ1) is 9.42. The summed E-state index contributed by atoms with van der Waals surface area (Å²) in [6, 6.07) is 1.78. The molecule has 3 unspecified atom stereocenters. The molecule has 68 valence electrons. The topological polar surface area (TPSA) is 93.7 Å². The molecule has 0 aromatic heterocycles. The SMILES string of the molecule is CC1C(C#N)OC(CO)C1(O)O. The molecule has 1 aliphatic rings. The summed E-state index contributed by atoms with van der Waals surface area (Å²) in [5.74, 6) is -2.81. The van der Waals surface area contributed by atoms with Crippen LogP contribution in [0.4, 0.5) is 0 Å². The van der Waals surface area contributed by atoms with E-state index in [2.05, 4.69) is 0 Å². The zero-order valence-corrected chi connectivity index (χ0v) is 6.64. The molecule has 3 N–H and O–H groups in total. The summed E-state index contributed by atoms with van der Waals surface area (Å²) in [4.78, 5) is 0. The first-order valence-electron chi connectivity index (χ1n) is 3.64. The normalized spacial score (nSPS) is 39.4. The quantitative estimate of drug-likeness (QED) is 0.423. The molecule has 1 fully saturated rings. The summed E-state index contributed by atoms with van der Waals surface area (Å²) >= 11 is 0. The van der Waals surface area contributed by atoms with Gasteiger partial charge in [0.15, 0.2) is 11.9 Å².